The first kappa shape index (κ1) is 25.3. The summed E-state index contributed by atoms with van der Waals surface area (Å²) in [5.41, 5.74) is -0.0313. The first-order valence-corrected chi connectivity index (χ1v) is 9.44. The summed E-state index contributed by atoms with van der Waals surface area (Å²) in [6, 6.07) is 5.28. The second-order valence-corrected chi connectivity index (χ2v) is 6.74. The first-order valence-electron chi connectivity index (χ1n) is 8.56. The number of aromatic nitrogens is 1. The molecule has 1 atom stereocenters. The molecule has 0 radical (unpaired) electrons. The van der Waals surface area contributed by atoms with Gasteiger partial charge in [-0.05, 0) is 32.0 Å². The van der Waals surface area contributed by atoms with Crippen molar-refractivity contribution >= 4 is 41.3 Å². The molecule has 0 saturated heterocycles. The van der Waals surface area contributed by atoms with Crippen LogP contribution < -0.4 is 20.1 Å². The Morgan fingerprint density at radius 3 is 2.55 bits per heavy atom. The Balaban J connectivity index is 0.00000420. The standard InChI is InChI=1S/C18H23F3N4O2S.HI/c1-5-22-17(23-9-16-25-15(10-28-16)18(19,20)21)24-11(2)13-8-12(26-3)6-7-14(13)27-4;/h6-8,10-11H,5,9H2,1-4H3,(H2,22,23,24);1H. The number of benzene rings is 1. The van der Waals surface area contributed by atoms with Crippen LogP contribution in [0.1, 0.15) is 36.2 Å². The van der Waals surface area contributed by atoms with Crippen molar-refractivity contribution in [3.8, 4) is 11.5 Å². The average Bonchev–Trinajstić information content (AvgIpc) is 3.15. The highest BCUT2D eigenvalue weighted by Gasteiger charge is 2.33. The van der Waals surface area contributed by atoms with E-state index in [1.165, 1.54) is 0 Å². The van der Waals surface area contributed by atoms with E-state index < -0.39 is 11.9 Å². The Morgan fingerprint density at radius 2 is 2.00 bits per heavy atom. The summed E-state index contributed by atoms with van der Waals surface area (Å²) in [6.07, 6.45) is -4.45. The lowest BCUT2D eigenvalue weighted by molar-refractivity contribution is -0.140. The molecule has 2 rings (SSSR count). The maximum atomic E-state index is 12.7. The molecule has 1 aromatic heterocycles. The summed E-state index contributed by atoms with van der Waals surface area (Å²) in [5.74, 6) is 1.84. The SMILES string of the molecule is CCNC(=NCc1nc(C(F)(F)F)cs1)NC(C)c1cc(OC)ccc1OC.I. The van der Waals surface area contributed by atoms with Crippen molar-refractivity contribution in [1.29, 1.82) is 0 Å². The Hall–Kier alpha value is -1.76. The van der Waals surface area contributed by atoms with Crippen molar-refractivity contribution in [3.05, 3.63) is 39.8 Å². The zero-order chi connectivity index (χ0) is 20.7. The van der Waals surface area contributed by atoms with E-state index in [0.29, 0.717) is 24.0 Å². The number of nitrogens with zero attached hydrogens (tertiary/aromatic N) is 2. The van der Waals surface area contributed by atoms with Crippen molar-refractivity contribution in [2.75, 3.05) is 20.8 Å². The van der Waals surface area contributed by atoms with Crippen molar-refractivity contribution in [2.24, 2.45) is 4.99 Å². The summed E-state index contributed by atoms with van der Waals surface area (Å²) in [7, 11) is 3.16. The maximum absolute atomic E-state index is 12.7. The van der Waals surface area contributed by atoms with Crippen LogP contribution in [0.25, 0.3) is 0 Å². The highest BCUT2D eigenvalue weighted by molar-refractivity contribution is 14.0. The third-order valence-corrected chi connectivity index (χ3v) is 4.65. The zero-order valence-electron chi connectivity index (χ0n) is 16.5. The molecule has 0 spiro atoms. The second-order valence-electron chi connectivity index (χ2n) is 5.79. The molecule has 0 saturated carbocycles. The lowest BCUT2D eigenvalue weighted by Crippen LogP contribution is -2.38. The highest BCUT2D eigenvalue weighted by atomic mass is 127. The number of halogens is 4. The van der Waals surface area contributed by atoms with Crippen LogP contribution in [0.15, 0.2) is 28.6 Å². The molecule has 1 aromatic carbocycles. The molecule has 162 valence electrons. The van der Waals surface area contributed by atoms with E-state index in [-0.39, 0.29) is 41.6 Å². The third kappa shape index (κ3) is 7.21. The Bertz CT molecular complexity index is 815. The molecular formula is C18H24F3IN4O2S. The van der Waals surface area contributed by atoms with Crippen LogP contribution in [0.3, 0.4) is 0 Å². The fourth-order valence-corrected chi connectivity index (χ4v) is 3.17. The molecule has 11 heteroatoms. The number of rotatable bonds is 7. The van der Waals surface area contributed by atoms with Crippen LogP contribution >= 0.6 is 35.3 Å². The summed E-state index contributed by atoms with van der Waals surface area (Å²) in [5, 5.41) is 7.59. The van der Waals surface area contributed by atoms with Crippen LogP contribution in [0.2, 0.25) is 0 Å². The van der Waals surface area contributed by atoms with Gasteiger partial charge < -0.3 is 20.1 Å². The Kier molecular flexibility index (Phi) is 9.96. The van der Waals surface area contributed by atoms with Crippen molar-refractivity contribution in [3.63, 3.8) is 0 Å². The zero-order valence-corrected chi connectivity index (χ0v) is 19.6. The van der Waals surface area contributed by atoms with Gasteiger partial charge in [0.25, 0.3) is 0 Å². The van der Waals surface area contributed by atoms with Crippen LogP contribution in [0.5, 0.6) is 11.5 Å². The van der Waals surface area contributed by atoms with E-state index in [0.717, 1.165) is 22.3 Å². The number of nitrogens with one attached hydrogen (secondary N) is 2. The summed E-state index contributed by atoms with van der Waals surface area (Å²) in [4.78, 5) is 7.94. The average molecular weight is 544 g/mol. The number of guanidine groups is 1. The second kappa shape index (κ2) is 11.4. The van der Waals surface area contributed by atoms with Gasteiger partial charge in [-0.2, -0.15) is 13.2 Å². The predicted octanol–water partition coefficient (Wildman–Crippen LogP) is 4.61. The number of alkyl halides is 3. The molecule has 29 heavy (non-hydrogen) atoms. The molecule has 2 N–H and O–H groups in total. The largest absolute Gasteiger partial charge is 0.497 e. The van der Waals surface area contributed by atoms with Gasteiger partial charge >= 0.3 is 6.18 Å². The van der Waals surface area contributed by atoms with Crippen molar-refractivity contribution < 1.29 is 22.6 Å². The van der Waals surface area contributed by atoms with Gasteiger partial charge in [0.15, 0.2) is 11.7 Å². The molecule has 0 aliphatic carbocycles. The normalized spacial score (nSPS) is 12.7. The molecular weight excluding hydrogens is 520 g/mol. The molecule has 0 aliphatic rings. The first-order chi connectivity index (χ1) is 13.3. The van der Waals surface area contributed by atoms with Crippen LogP contribution in [-0.2, 0) is 12.7 Å². The fraction of sp³-hybridized carbons (Fsp3) is 0.444. The number of hydrogen-bond donors (Lipinski definition) is 2. The van der Waals surface area contributed by atoms with E-state index in [1.54, 1.807) is 20.3 Å². The monoisotopic (exact) mass is 544 g/mol. The number of ether oxygens (including phenoxy) is 2. The van der Waals surface area contributed by atoms with Gasteiger partial charge in [0.1, 0.15) is 16.5 Å². The number of aliphatic imine (C=N–C) groups is 1. The van der Waals surface area contributed by atoms with Gasteiger partial charge in [-0.15, -0.1) is 35.3 Å². The number of methoxy groups -OCH3 is 2. The van der Waals surface area contributed by atoms with Gasteiger partial charge in [0.2, 0.25) is 0 Å². The lowest BCUT2D eigenvalue weighted by Gasteiger charge is -2.20. The number of hydrogen-bond acceptors (Lipinski definition) is 5. The topological polar surface area (TPSA) is 67.8 Å². The van der Waals surface area contributed by atoms with E-state index in [4.69, 9.17) is 9.47 Å². The van der Waals surface area contributed by atoms with Gasteiger partial charge in [0.05, 0.1) is 26.8 Å². The highest BCUT2D eigenvalue weighted by Crippen LogP contribution is 2.30. The maximum Gasteiger partial charge on any atom is 0.434 e. The molecule has 2 aromatic rings. The summed E-state index contributed by atoms with van der Waals surface area (Å²) < 4.78 is 48.7. The minimum Gasteiger partial charge on any atom is -0.497 e. The molecule has 0 amide bonds. The number of thiazole rings is 1. The van der Waals surface area contributed by atoms with Crippen molar-refractivity contribution in [2.45, 2.75) is 32.6 Å². The molecule has 0 aliphatic heterocycles. The van der Waals surface area contributed by atoms with Crippen LogP contribution in [-0.4, -0.2) is 31.7 Å². The van der Waals surface area contributed by atoms with Gasteiger partial charge in [-0.1, -0.05) is 0 Å². The predicted molar refractivity (Wildman–Crippen MR) is 118 cm³/mol. The fourth-order valence-electron chi connectivity index (χ4n) is 2.44. The molecule has 0 fully saturated rings. The summed E-state index contributed by atoms with van der Waals surface area (Å²) in [6.45, 7) is 4.46. The smallest absolute Gasteiger partial charge is 0.434 e. The molecule has 1 unspecified atom stereocenters. The Morgan fingerprint density at radius 1 is 1.28 bits per heavy atom. The van der Waals surface area contributed by atoms with Crippen molar-refractivity contribution in [1.82, 2.24) is 15.6 Å². The summed E-state index contributed by atoms with van der Waals surface area (Å²) >= 11 is 0.932. The quantitative estimate of drug-likeness (QED) is 0.303. The van der Waals surface area contributed by atoms with Crippen LogP contribution in [0, 0.1) is 0 Å². The minimum absolute atomic E-state index is 0. The van der Waals surface area contributed by atoms with Gasteiger partial charge in [-0.25, -0.2) is 9.98 Å². The lowest BCUT2D eigenvalue weighted by atomic mass is 10.1. The van der Waals surface area contributed by atoms with E-state index in [9.17, 15) is 13.2 Å². The Labute approximate surface area is 188 Å². The van der Waals surface area contributed by atoms with Crippen LogP contribution in [0.4, 0.5) is 13.2 Å². The van der Waals surface area contributed by atoms with E-state index in [1.807, 2.05) is 26.0 Å². The van der Waals surface area contributed by atoms with Gasteiger partial charge in [-0.3, -0.25) is 0 Å². The third-order valence-electron chi connectivity index (χ3n) is 3.82. The van der Waals surface area contributed by atoms with E-state index >= 15 is 0 Å². The minimum atomic E-state index is -4.45. The van der Waals surface area contributed by atoms with E-state index in [2.05, 4.69) is 20.6 Å². The molecule has 6 nitrogen and oxygen atoms in total. The van der Waals surface area contributed by atoms with Gasteiger partial charge in [0, 0.05) is 17.5 Å². The molecule has 0 bridgehead atoms. The molecule has 1 heterocycles.